The first kappa shape index (κ1) is 20.0. The van der Waals surface area contributed by atoms with Crippen LogP contribution in [-0.2, 0) is 16.1 Å². The third-order valence-corrected chi connectivity index (χ3v) is 3.46. The van der Waals surface area contributed by atoms with Crippen molar-refractivity contribution < 1.29 is 27.5 Å². The lowest BCUT2D eigenvalue weighted by Gasteiger charge is -2.09. The van der Waals surface area contributed by atoms with E-state index in [1.807, 2.05) is 0 Å². The molecule has 2 rings (SSSR count). The molecule has 27 heavy (non-hydrogen) atoms. The quantitative estimate of drug-likeness (QED) is 0.756. The van der Waals surface area contributed by atoms with Crippen LogP contribution in [0.5, 0.6) is 5.75 Å². The molecular formula is C19H17F3N2O3. The van der Waals surface area contributed by atoms with E-state index in [1.165, 1.54) is 31.4 Å². The van der Waals surface area contributed by atoms with Gasteiger partial charge in [0, 0.05) is 23.9 Å². The van der Waals surface area contributed by atoms with Crippen molar-refractivity contribution in [1.29, 1.82) is 0 Å². The zero-order valence-corrected chi connectivity index (χ0v) is 14.3. The van der Waals surface area contributed by atoms with Crippen LogP contribution in [0.4, 0.5) is 18.9 Å². The number of ether oxygens (including phenoxy) is 1. The van der Waals surface area contributed by atoms with Gasteiger partial charge >= 0.3 is 12.1 Å². The number of anilines is 1. The van der Waals surface area contributed by atoms with Crippen molar-refractivity contribution in [3.8, 4) is 5.75 Å². The second kappa shape index (κ2) is 8.88. The van der Waals surface area contributed by atoms with Gasteiger partial charge < -0.3 is 15.4 Å². The van der Waals surface area contributed by atoms with Gasteiger partial charge in [0.05, 0.1) is 7.11 Å². The second-order valence-corrected chi connectivity index (χ2v) is 5.45. The maximum atomic E-state index is 12.3. The monoisotopic (exact) mass is 378 g/mol. The first-order valence-corrected chi connectivity index (χ1v) is 7.85. The Morgan fingerprint density at radius 1 is 1.11 bits per heavy atom. The van der Waals surface area contributed by atoms with Crippen LogP contribution in [-0.4, -0.2) is 25.1 Å². The van der Waals surface area contributed by atoms with Crippen molar-refractivity contribution in [3.05, 3.63) is 65.7 Å². The summed E-state index contributed by atoms with van der Waals surface area (Å²) >= 11 is 0. The number of benzene rings is 2. The van der Waals surface area contributed by atoms with Crippen LogP contribution in [0.3, 0.4) is 0 Å². The van der Waals surface area contributed by atoms with Crippen molar-refractivity contribution in [2.24, 2.45) is 0 Å². The molecule has 0 radical (unpaired) electrons. The van der Waals surface area contributed by atoms with Crippen LogP contribution in [0.2, 0.25) is 0 Å². The van der Waals surface area contributed by atoms with Crippen LogP contribution in [0.1, 0.15) is 11.1 Å². The Kier molecular flexibility index (Phi) is 6.59. The molecule has 0 aliphatic rings. The van der Waals surface area contributed by atoms with Crippen LogP contribution >= 0.6 is 0 Å². The summed E-state index contributed by atoms with van der Waals surface area (Å²) in [6.07, 6.45) is -2.05. The minimum absolute atomic E-state index is 0.00589. The molecule has 0 saturated heterocycles. The van der Waals surface area contributed by atoms with Gasteiger partial charge in [0.1, 0.15) is 5.75 Å². The number of carbonyl (C=O) groups is 2. The number of para-hydroxylation sites is 1. The fourth-order valence-corrected chi connectivity index (χ4v) is 2.18. The number of rotatable bonds is 6. The number of hydrogen-bond donors (Lipinski definition) is 2. The maximum Gasteiger partial charge on any atom is 0.471 e. The SMILES string of the molecule is COc1ccccc1/C=C/C(=O)NCc1cccc(NC(=O)C(F)(F)F)c1. The Hall–Kier alpha value is -3.29. The van der Waals surface area contributed by atoms with Crippen LogP contribution in [0.15, 0.2) is 54.6 Å². The fraction of sp³-hybridized carbons (Fsp3) is 0.158. The smallest absolute Gasteiger partial charge is 0.471 e. The Morgan fingerprint density at radius 3 is 2.56 bits per heavy atom. The molecule has 8 heteroatoms. The molecule has 0 heterocycles. The molecule has 2 N–H and O–H groups in total. The Bertz CT molecular complexity index is 848. The Balaban J connectivity index is 1.94. The minimum atomic E-state index is -4.96. The predicted molar refractivity (Wildman–Crippen MR) is 95.0 cm³/mol. The lowest BCUT2D eigenvalue weighted by atomic mass is 10.2. The van der Waals surface area contributed by atoms with Gasteiger partial charge in [0.15, 0.2) is 0 Å². The van der Waals surface area contributed by atoms with Gasteiger partial charge in [-0.25, -0.2) is 0 Å². The van der Waals surface area contributed by atoms with Gasteiger partial charge in [-0.05, 0) is 29.8 Å². The van der Waals surface area contributed by atoms with Gasteiger partial charge in [-0.2, -0.15) is 13.2 Å². The first-order valence-electron chi connectivity index (χ1n) is 7.85. The number of nitrogens with one attached hydrogen (secondary N) is 2. The van der Waals surface area contributed by atoms with E-state index in [2.05, 4.69) is 5.32 Å². The van der Waals surface area contributed by atoms with E-state index in [0.717, 1.165) is 5.56 Å². The third kappa shape index (κ3) is 6.18. The standard InChI is InChI=1S/C19H17F3N2O3/c1-27-16-8-3-2-6-14(16)9-10-17(25)23-12-13-5-4-7-15(11-13)24-18(26)19(20,21)22/h2-11H,12H2,1H3,(H,23,25)(H,24,26)/b10-9+. The molecule has 0 fully saturated rings. The molecule has 0 saturated carbocycles. The molecule has 0 bridgehead atoms. The molecule has 142 valence electrons. The molecule has 0 aliphatic carbocycles. The third-order valence-electron chi connectivity index (χ3n) is 3.46. The Labute approximate surface area is 153 Å². The van der Waals surface area contributed by atoms with Crippen molar-refractivity contribution in [2.75, 3.05) is 12.4 Å². The summed E-state index contributed by atoms with van der Waals surface area (Å²) in [4.78, 5) is 22.9. The summed E-state index contributed by atoms with van der Waals surface area (Å²) in [7, 11) is 1.53. The molecule has 0 aromatic heterocycles. The van der Waals surface area contributed by atoms with E-state index in [4.69, 9.17) is 4.74 Å². The largest absolute Gasteiger partial charge is 0.496 e. The van der Waals surface area contributed by atoms with Crippen molar-refractivity contribution in [3.63, 3.8) is 0 Å². The molecule has 2 amide bonds. The molecule has 5 nitrogen and oxygen atoms in total. The Morgan fingerprint density at radius 2 is 1.85 bits per heavy atom. The van der Waals surface area contributed by atoms with E-state index < -0.39 is 12.1 Å². The summed E-state index contributed by atoms with van der Waals surface area (Å²) in [6.45, 7) is 0.0881. The fourth-order valence-electron chi connectivity index (χ4n) is 2.18. The van der Waals surface area contributed by atoms with E-state index in [1.54, 1.807) is 41.7 Å². The van der Waals surface area contributed by atoms with Crippen molar-refractivity contribution in [2.45, 2.75) is 12.7 Å². The molecule has 2 aromatic rings. The van der Waals surface area contributed by atoms with E-state index >= 15 is 0 Å². The zero-order chi connectivity index (χ0) is 19.9. The highest BCUT2D eigenvalue weighted by molar-refractivity contribution is 5.95. The summed E-state index contributed by atoms with van der Waals surface area (Å²) < 4.78 is 42.0. The van der Waals surface area contributed by atoms with Gasteiger partial charge in [-0.15, -0.1) is 0 Å². The van der Waals surface area contributed by atoms with Gasteiger partial charge in [0.25, 0.3) is 0 Å². The number of methoxy groups -OCH3 is 1. The van der Waals surface area contributed by atoms with E-state index in [0.29, 0.717) is 11.3 Å². The summed E-state index contributed by atoms with van der Waals surface area (Å²) in [5.74, 6) is -1.82. The molecule has 0 spiro atoms. The van der Waals surface area contributed by atoms with Crippen molar-refractivity contribution in [1.82, 2.24) is 5.32 Å². The molecular weight excluding hydrogens is 361 g/mol. The summed E-state index contributed by atoms with van der Waals surface area (Å²) in [5.41, 5.74) is 1.26. The number of hydrogen-bond acceptors (Lipinski definition) is 3. The summed E-state index contributed by atoms with van der Waals surface area (Å²) in [5, 5.41) is 4.38. The minimum Gasteiger partial charge on any atom is -0.496 e. The highest BCUT2D eigenvalue weighted by atomic mass is 19.4. The molecule has 0 aliphatic heterocycles. The van der Waals surface area contributed by atoms with Crippen LogP contribution in [0, 0.1) is 0 Å². The highest BCUT2D eigenvalue weighted by Gasteiger charge is 2.38. The summed E-state index contributed by atoms with van der Waals surface area (Å²) in [6, 6.07) is 12.9. The normalized spacial score (nSPS) is 11.3. The van der Waals surface area contributed by atoms with Crippen LogP contribution in [0.25, 0.3) is 6.08 Å². The van der Waals surface area contributed by atoms with Gasteiger partial charge in [-0.3, -0.25) is 9.59 Å². The number of alkyl halides is 3. The van der Waals surface area contributed by atoms with Crippen molar-refractivity contribution >= 4 is 23.6 Å². The topological polar surface area (TPSA) is 67.4 Å². The maximum absolute atomic E-state index is 12.3. The van der Waals surface area contributed by atoms with E-state index in [-0.39, 0.29) is 18.1 Å². The number of halogens is 3. The van der Waals surface area contributed by atoms with E-state index in [9.17, 15) is 22.8 Å². The second-order valence-electron chi connectivity index (χ2n) is 5.45. The predicted octanol–water partition coefficient (Wildman–Crippen LogP) is 3.53. The average Bonchev–Trinajstić information content (AvgIpc) is 2.64. The lowest BCUT2D eigenvalue weighted by Crippen LogP contribution is -2.30. The zero-order valence-electron chi connectivity index (χ0n) is 14.3. The van der Waals surface area contributed by atoms with Gasteiger partial charge in [-0.1, -0.05) is 30.3 Å². The molecule has 0 atom stereocenters. The molecule has 0 unspecified atom stereocenters. The lowest BCUT2D eigenvalue weighted by molar-refractivity contribution is -0.167. The molecule has 2 aromatic carbocycles. The van der Waals surface area contributed by atoms with Crippen LogP contribution < -0.4 is 15.4 Å². The number of carbonyl (C=O) groups excluding carboxylic acids is 2. The van der Waals surface area contributed by atoms with Gasteiger partial charge in [0.2, 0.25) is 5.91 Å². The average molecular weight is 378 g/mol. The first-order chi connectivity index (χ1) is 12.8. The number of amides is 2. The highest BCUT2D eigenvalue weighted by Crippen LogP contribution is 2.19.